The standard InChI is InChI=1S/C17H22F2N6O/c1-2-20-17(22-11-15-24-23-14-8-5-9-25(14)15)21-10-12-6-3-4-7-13(12)26-16(18)19/h3-4,6-7,16H,2,5,8-11H2,1H3,(H2,20,21,22). The van der Waals surface area contributed by atoms with Gasteiger partial charge in [0.25, 0.3) is 0 Å². The van der Waals surface area contributed by atoms with E-state index in [-0.39, 0.29) is 12.3 Å². The molecule has 2 heterocycles. The number of halogens is 2. The van der Waals surface area contributed by atoms with E-state index in [1.54, 1.807) is 18.2 Å². The first-order valence-electron chi connectivity index (χ1n) is 8.63. The molecule has 0 fully saturated rings. The molecule has 0 amide bonds. The smallest absolute Gasteiger partial charge is 0.387 e. The Balaban J connectivity index is 1.65. The summed E-state index contributed by atoms with van der Waals surface area (Å²) in [5.41, 5.74) is 0.591. The van der Waals surface area contributed by atoms with E-state index in [0.29, 0.717) is 24.6 Å². The maximum Gasteiger partial charge on any atom is 0.387 e. The van der Waals surface area contributed by atoms with Crippen LogP contribution in [-0.2, 0) is 26.1 Å². The molecule has 9 heteroatoms. The van der Waals surface area contributed by atoms with E-state index in [2.05, 4.69) is 35.1 Å². The highest BCUT2D eigenvalue weighted by atomic mass is 19.3. The highest BCUT2D eigenvalue weighted by Gasteiger charge is 2.17. The second kappa shape index (κ2) is 8.59. The van der Waals surface area contributed by atoms with Crippen molar-refractivity contribution in [2.45, 2.75) is 46.0 Å². The molecule has 2 aromatic rings. The molecule has 2 N–H and O–H groups in total. The van der Waals surface area contributed by atoms with E-state index in [1.807, 2.05) is 6.92 Å². The van der Waals surface area contributed by atoms with Gasteiger partial charge in [0.05, 0.1) is 13.1 Å². The lowest BCUT2D eigenvalue weighted by molar-refractivity contribution is -0.0504. The van der Waals surface area contributed by atoms with Gasteiger partial charge >= 0.3 is 6.61 Å². The van der Waals surface area contributed by atoms with Crippen LogP contribution in [0, 0.1) is 0 Å². The maximum atomic E-state index is 12.5. The molecule has 1 aromatic heterocycles. The SMILES string of the molecule is CCNC(=NCc1ccccc1OC(F)F)NCc1nnc2n1CCC2. The third-order valence-electron chi connectivity index (χ3n) is 4.04. The number of benzene rings is 1. The zero-order valence-electron chi connectivity index (χ0n) is 14.6. The summed E-state index contributed by atoms with van der Waals surface area (Å²) in [6.07, 6.45) is 2.05. The first kappa shape index (κ1) is 18.1. The van der Waals surface area contributed by atoms with Gasteiger partial charge in [-0.15, -0.1) is 10.2 Å². The Kier molecular flexibility index (Phi) is 5.98. The number of ether oxygens (including phenoxy) is 1. The summed E-state index contributed by atoms with van der Waals surface area (Å²) in [5, 5.41) is 14.7. The molecule has 140 valence electrons. The Bertz CT molecular complexity index is 761. The van der Waals surface area contributed by atoms with Crippen molar-refractivity contribution in [2.24, 2.45) is 4.99 Å². The average Bonchev–Trinajstić information content (AvgIpc) is 3.22. The largest absolute Gasteiger partial charge is 0.434 e. The number of aromatic nitrogens is 3. The summed E-state index contributed by atoms with van der Waals surface area (Å²) in [6.45, 7) is 1.43. The fourth-order valence-corrected chi connectivity index (χ4v) is 2.86. The zero-order chi connectivity index (χ0) is 18.4. The number of fused-ring (bicyclic) bond motifs is 1. The molecule has 0 aliphatic carbocycles. The number of rotatable bonds is 7. The van der Waals surface area contributed by atoms with Crippen molar-refractivity contribution in [1.29, 1.82) is 0 Å². The van der Waals surface area contributed by atoms with E-state index in [9.17, 15) is 8.78 Å². The van der Waals surface area contributed by atoms with Gasteiger partial charge in [-0.2, -0.15) is 8.78 Å². The van der Waals surface area contributed by atoms with E-state index < -0.39 is 6.61 Å². The van der Waals surface area contributed by atoms with Gasteiger partial charge in [0.15, 0.2) is 11.8 Å². The lowest BCUT2D eigenvalue weighted by atomic mass is 10.2. The normalized spacial score (nSPS) is 13.8. The van der Waals surface area contributed by atoms with Gasteiger partial charge in [-0.1, -0.05) is 18.2 Å². The molecule has 1 aliphatic heterocycles. The third kappa shape index (κ3) is 4.47. The van der Waals surface area contributed by atoms with E-state index in [1.165, 1.54) is 6.07 Å². The van der Waals surface area contributed by atoms with Crippen molar-refractivity contribution in [3.8, 4) is 5.75 Å². The van der Waals surface area contributed by atoms with Gasteiger partial charge in [0.1, 0.15) is 11.6 Å². The molecule has 0 saturated carbocycles. The minimum Gasteiger partial charge on any atom is -0.434 e. The Labute approximate surface area is 150 Å². The monoisotopic (exact) mass is 364 g/mol. The van der Waals surface area contributed by atoms with Crippen LogP contribution in [0.2, 0.25) is 0 Å². The van der Waals surface area contributed by atoms with Crippen molar-refractivity contribution in [3.05, 3.63) is 41.5 Å². The summed E-state index contributed by atoms with van der Waals surface area (Å²) < 4.78 is 31.7. The second-order valence-corrected chi connectivity index (χ2v) is 5.82. The Hall–Kier alpha value is -2.71. The first-order valence-corrected chi connectivity index (χ1v) is 8.63. The van der Waals surface area contributed by atoms with Crippen LogP contribution in [0.3, 0.4) is 0 Å². The van der Waals surface area contributed by atoms with Crippen LogP contribution in [0.15, 0.2) is 29.3 Å². The molecule has 1 aromatic carbocycles. The van der Waals surface area contributed by atoms with Crippen LogP contribution in [0.5, 0.6) is 5.75 Å². The van der Waals surface area contributed by atoms with Gasteiger partial charge < -0.3 is 19.9 Å². The Morgan fingerprint density at radius 3 is 2.96 bits per heavy atom. The van der Waals surface area contributed by atoms with Crippen LogP contribution >= 0.6 is 0 Å². The quantitative estimate of drug-likeness (QED) is 0.581. The Morgan fingerprint density at radius 1 is 1.31 bits per heavy atom. The predicted octanol–water partition coefficient (Wildman–Crippen LogP) is 2.08. The van der Waals surface area contributed by atoms with Gasteiger partial charge in [-0.25, -0.2) is 4.99 Å². The van der Waals surface area contributed by atoms with Gasteiger partial charge in [-0.3, -0.25) is 0 Å². The van der Waals surface area contributed by atoms with E-state index in [4.69, 9.17) is 0 Å². The molecule has 0 saturated heterocycles. The number of guanidine groups is 1. The summed E-state index contributed by atoms with van der Waals surface area (Å²) in [6, 6.07) is 6.65. The third-order valence-corrected chi connectivity index (χ3v) is 4.04. The number of hydrogen-bond acceptors (Lipinski definition) is 4. The number of para-hydroxylation sites is 1. The van der Waals surface area contributed by atoms with Crippen LogP contribution < -0.4 is 15.4 Å². The van der Waals surface area contributed by atoms with E-state index >= 15 is 0 Å². The highest BCUT2D eigenvalue weighted by molar-refractivity contribution is 5.79. The van der Waals surface area contributed by atoms with Crippen molar-refractivity contribution in [1.82, 2.24) is 25.4 Å². The summed E-state index contributed by atoms with van der Waals surface area (Å²) in [5.74, 6) is 2.60. The molecule has 0 unspecified atom stereocenters. The van der Waals surface area contributed by atoms with Crippen LogP contribution in [-0.4, -0.2) is 33.9 Å². The van der Waals surface area contributed by atoms with Gasteiger partial charge in [0, 0.05) is 25.1 Å². The zero-order valence-corrected chi connectivity index (χ0v) is 14.6. The second-order valence-electron chi connectivity index (χ2n) is 5.82. The molecule has 3 rings (SSSR count). The van der Waals surface area contributed by atoms with Crippen molar-refractivity contribution < 1.29 is 13.5 Å². The predicted molar refractivity (Wildman–Crippen MR) is 93.1 cm³/mol. The molecule has 26 heavy (non-hydrogen) atoms. The molecule has 0 atom stereocenters. The number of nitrogens with one attached hydrogen (secondary N) is 2. The number of hydrogen-bond donors (Lipinski definition) is 2. The van der Waals surface area contributed by atoms with Crippen molar-refractivity contribution in [3.63, 3.8) is 0 Å². The van der Waals surface area contributed by atoms with Gasteiger partial charge in [0.2, 0.25) is 0 Å². The van der Waals surface area contributed by atoms with Crippen LogP contribution in [0.4, 0.5) is 8.78 Å². The fraction of sp³-hybridized carbons (Fsp3) is 0.471. The van der Waals surface area contributed by atoms with Gasteiger partial charge in [-0.05, 0) is 19.4 Å². The molecule has 0 radical (unpaired) electrons. The summed E-state index contributed by atoms with van der Waals surface area (Å²) >= 11 is 0. The fourth-order valence-electron chi connectivity index (χ4n) is 2.86. The molecule has 7 nitrogen and oxygen atoms in total. The summed E-state index contributed by atoms with van der Waals surface area (Å²) in [7, 11) is 0. The van der Waals surface area contributed by atoms with Crippen molar-refractivity contribution in [2.75, 3.05) is 6.54 Å². The minimum absolute atomic E-state index is 0.136. The topological polar surface area (TPSA) is 76.4 Å². The lowest BCUT2D eigenvalue weighted by Gasteiger charge is -2.12. The maximum absolute atomic E-state index is 12.5. The number of aryl methyl sites for hydroxylation is 1. The first-order chi connectivity index (χ1) is 12.7. The van der Waals surface area contributed by atoms with Crippen molar-refractivity contribution >= 4 is 5.96 Å². The minimum atomic E-state index is -2.86. The average molecular weight is 364 g/mol. The highest BCUT2D eigenvalue weighted by Crippen LogP contribution is 2.21. The lowest BCUT2D eigenvalue weighted by Crippen LogP contribution is -2.37. The molecular formula is C17H22F2N6O. The number of aliphatic imine (C=N–C) groups is 1. The number of alkyl halides is 2. The van der Waals surface area contributed by atoms with Crippen LogP contribution in [0.1, 0.15) is 30.6 Å². The molecular weight excluding hydrogens is 342 g/mol. The van der Waals surface area contributed by atoms with E-state index in [0.717, 1.165) is 31.0 Å². The molecule has 0 spiro atoms. The molecule has 0 bridgehead atoms. The number of nitrogens with zero attached hydrogens (tertiary/aromatic N) is 4. The summed E-state index contributed by atoms with van der Waals surface area (Å²) in [4.78, 5) is 4.46. The van der Waals surface area contributed by atoms with Crippen LogP contribution in [0.25, 0.3) is 0 Å². The molecule has 1 aliphatic rings. The Morgan fingerprint density at radius 2 is 2.15 bits per heavy atom.